The number of amides is 1. The highest BCUT2D eigenvalue weighted by Gasteiger charge is 2.13. The zero-order chi connectivity index (χ0) is 21.5. The summed E-state index contributed by atoms with van der Waals surface area (Å²) in [5.74, 6) is -1.27. The number of carbonyl (C=O) groups excluding carboxylic acids is 2. The highest BCUT2D eigenvalue weighted by atomic mass is 19.1. The maximum absolute atomic E-state index is 13.5. The van der Waals surface area contributed by atoms with E-state index in [-0.39, 0.29) is 5.69 Å². The lowest BCUT2D eigenvalue weighted by Gasteiger charge is -2.03. The second-order valence-corrected chi connectivity index (χ2v) is 4.80. The van der Waals surface area contributed by atoms with Crippen molar-refractivity contribution in [3.63, 3.8) is 0 Å². The summed E-state index contributed by atoms with van der Waals surface area (Å²) < 4.78 is 15.1. The molecule has 0 unspecified atom stereocenters. The van der Waals surface area contributed by atoms with Crippen LogP contribution in [0.1, 0.15) is 29.9 Å². The number of nitrogens with one attached hydrogen (secondary N) is 1. The fourth-order valence-electron chi connectivity index (χ4n) is 1.97. The Kier molecular flexibility index (Phi) is 12.1. The first kappa shape index (κ1) is 24.6. The normalized spacial score (nSPS) is 8.79. The predicted octanol–water partition coefficient (Wildman–Crippen LogP) is 3.42. The molecular weight excluding hydrogens is 363 g/mol. The first-order valence-electron chi connectivity index (χ1n) is 8.40. The summed E-state index contributed by atoms with van der Waals surface area (Å²) in [6.07, 6.45) is 4.52. The van der Waals surface area contributed by atoms with Gasteiger partial charge in [0.25, 0.3) is 5.91 Å². The van der Waals surface area contributed by atoms with Gasteiger partial charge in [0.1, 0.15) is 6.79 Å². The summed E-state index contributed by atoms with van der Waals surface area (Å²) in [5, 5.41) is 13.7. The summed E-state index contributed by atoms with van der Waals surface area (Å²) in [6.45, 7) is 8.00. The molecule has 8 heteroatoms. The molecule has 2 heterocycles. The van der Waals surface area contributed by atoms with Crippen molar-refractivity contribution in [3.05, 3.63) is 72.1 Å². The number of rotatable bonds is 3. The molecule has 7 nitrogen and oxygen atoms in total. The van der Waals surface area contributed by atoms with Gasteiger partial charge >= 0.3 is 0 Å². The van der Waals surface area contributed by atoms with Gasteiger partial charge in [0, 0.05) is 13.3 Å². The van der Waals surface area contributed by atoms with Crippen molar-refractivity contribution in [2.24, 2.45) is 0 Å². The van der Waals surface area contributed by atoms with Crippen LogP contribution in [0.25, 0.3) is 5.69 Å². The standard InChI is InChI=1S/C16H13FN4O.C2H6.CH4O.CH2O/c1-11-4-6-13(7-5-11)21-10-12(9-19-21)20-16(22)15-14(17)3-2-8-18-15;3*1-2/h2-10H,1H3,(H,20,22);1-2H3;2H,1H3;1H2. The Morgan fingerprint density at radius 3 is 2.32 bits per heavy atom. The lowest BCUT2D eigenvalue weighted by molar-refractivity contribution is -0.0980. The smallest absolute Gasteiger partial charge is 0.277 e. The topological polar surface area (TPSA) is 97.1 Å². The van der Waals surface area contributed by atoms with Gasteiger partial charge in [-0.15, -0.1) is 0 Å². The minimum absolute atomic E-state index is 0.245. The number of hydrogen-bond donors (Lipinski definition) is 2. The lowest BCUT2D eigenvalue weighted by Crippen LogP contribution is -2.15. The number of aromatic nitrogens is 3. The molecule has 3 aromatic rings. The van der Waals surface area contributed by atoms with Crippen molar-refractivity contribution >= 4 is 18.4 Å². The molecule has 28 heavy (non-hydrogen) atoms. The zero-order valence-corrected chi connectivity index (χ0v) is 16.4. The molecule has 0 radical (unpaired) electrons. The van der Waals surface area contributed by atoms with Crippen molar-refractivity contribution in [1.82, 2.24) is 14.8 Å². The number of pyridine rings is 1. The predicted molar refractivity (Wildman–Crippen MR) is 107 cm³/mol. The van der Waals surface area contributed by atoms with E-state index in [0.717, 1.165) is 18.4 Å². The Balaban J connectivity index is 0.00000111. The van der Waals surface area contributed by atoms with Gasteiger partial charge in [-0.1, -0.05) is 31.5 Å². The Hall–Kier alpha value is -3.39. The third-order valence-electron chi connectivity index (χ3n) is 3.11. The molecule has 1 aromatic carbocycles. The molecule has 0 fully saturated rings. The number of hydrogen-bond acceptors (Lipinski definition) is 5. The number of nitrogens with zero attached hydrogens (tertiary/aromatic N) is 3. The quantitative estimate of drug-likeness (QED) is 0.717. The van der Waals surface area contributed by atoms with Gasteiger partial charge in [-0.05, 0) is 31.2 Å². The van der Waals surface area contributed by atoms with E-state index in [1.807, 2.05) is 51.8 Å². The monoisotopic (exact) mass is 388 g/mol. The highest BCUT2D eigenvalue weighted by molar-refractivity contribution is 6.02. The maximum Gasteiger partial charge on any atom is 0.277 e. The van der Waals surface area contributed by atoms with E-state index in [9.17, 15) is 9.18 Å². The summed E-state index contributed by atoms with van der Waals surface area (Å²) in [6, 6.07) is 10.4. The van der Waals surface area contributed by atoms with Crippen LogP contribution >= 0.6 is 0 Å². The van der Waals surface area contributed by atoms with E-state index >= 15 is 0 Å². The summed E-state index contributed by atoms with van der Waals surface area (Å²) in [5.41, 5.74) is 2.24. The van der Waals surface area contributed by atoms with E-state index in [4.69, 9.17) is 9.90 Å². The third kappa shape index (κ3) is 7.08. The molecule has 0 spiro atoms. The van der Waals surface area contributed by atoms with Gasteiger partial charge in [-0.25, -0.2) is 14.1 Å². The largest absolute Gasteiger partial charge is 0.400 e. The molecule has 150 valence electrons. The number of carbonyl (C=O) groups is 2. The SMILES string of the molecule is C=O.CC.CO.Cc1ccc(-n2cc(NC(=O)c3ncccc3F)cn2)cc1. The van der Waals surface area contributed by atoms with Crippen LogP contribution in [0, 0.1) is 12.7 Å². The Morgan fingerprint density at radius 2 is 1.75 bits per heavy atom. The molecule has 0 aliphatic heterocycles. The molecule has 1 amide bonds. The molecule has 0 saturated carbocycles. The van der Waals surface area contributed by atoms with E-state index < -0.39 is 11.7 Å². The number of anilines is 1. The van der Waals surface area contributed by atoms with Crippen molar-refractivity contribution in [3.8, 4) is 5.69 Å². The third-order valence-corrected chi connectivity index (χ3v) is 3.11. The van der Waals surface area contributed by atoms with Crippen LogP contribution in [0.2, 0.25) is 0 Å². The fourth-order valence-corrected chi connectivity index (χ4v) is 1.97. The van der Waals surface area contributed by atoms with Crippen molar-refractivity contribution in [2.75, 3.05) is 12.4 Å². The molecule has 2 N–H and O–H groups in total. The number of benzene rings is 1. The van der Waals surface area contributed by atoms with E-state index in [2.05, 4.69) is 15.4 Å². The van der Waals surface area contributed by atoms with Gasteiger partial charge < -0.3 is 15.2 Å². The summed E-state index contributed by atoms with van der Waals surface area (Å²) in [7, 11) is 1.00. The van der Waals surface area contributed by atoms with E-state index in [1.54, 1.807) is 10.9 Å². The Bertz CT molecular complexity index is 835. The molecule has 0 aliphatic carbocycles. The minimum atomic E-state index is -0.661. The summed E-state index contributed by atoms with van der Waals surface area (Å²) in [4.78, 5) is 23.7. The van der Waals surface area contributed by atoms with E-state index in [1.165, 1.54) is 24.5 Å². The van der Waals surface area contributed by atoms with Crippen LogP contribution in [0.15, 0.2) is 55.0 Å². The molecule has 0 atom stereocenters. The average Bonchev–Trinajstić information content (AvgIpc) is 3.21. The number of halogens is 1. The summed E-state index contributed by atoms with van der Waals surface area (Å²) >= 11 is 0. The van der Waals surface area contributed by atoms with Crippen LogP contribution < -0.4 is 5.32 Å². The Morgan fingerprint density at radius 1 is 1.14 bits per heavy atom. The second-order valence-electron chi connectivity index (χ2n) is 4.80. The number of aliphatic hydroxyl groups excluding tert-OH is 1. The lowest BCUT2D eigenvalue weighted by atomic mass is 10.2. The molecular formula is C20H25FN4O3. The first-order chi connectivity index (χ1) is 13.6. The van der Waals surface area contributed by atoms with E-state index in [0.29, 0.717) is 5.69 Å². The van der Waals surface area contributed by atoms with Gasteiger partial charge in [-0.2, -0.15) is 5.10 Å². The van der Waals surface area contributed by atoms with Crippen LogP contribution in [0.3, 0.4) is 0 Å². The van der Waals surface area contributed by atoms with Gasteiger partial charge in [0.05, 0.1) is 23.8 Å². The van der Waals surface area contributed by atoms with Gasteiger partial charge in [0.2, 0.25) is 0 Å². The molecule has 2 aromatic heterocycles. The van der Waals surface area contributed by atoms with Gasteiger partial charge in [-0.3, -0.25) is 4.79 Å². The average molecular weight is 388 g/mol. The Labute approximate surface area is 163 Å². The molecule has 0 bridgehead atoms. The highest BCUT2D eigenvalue weighted by Crippen LogP contribution is 2.14. The fraction of sp³-hybridized carbons (Fsp3) is 0.200. The number of aryl methyl sites for hydroxylation is 1. The van der Waals surface area contributed by atoms with Crippen LogP contribution in [-0.4, -0.2) is 39.7 Å². The van der Waals surface area contributed by atoms with Crippen molar-refractivity contribution in [1.29, 1.82) is 0 Å². The first-order valence-corrected chi connectivity index (χ1v) is 8.40. The zero-order valence-electron chi connectivity index (χ0n) is 16.4. The van der Waals surface area contributed by atoms with Crippen LogP contribution in [-0.2, 0) is 4.79 Å². The van der Waals surface area contributed by atoms with Crippen LogP contribution in [0.4, 0.5) is 10.1 Å². The van der Waals surface area contributed by atoms with Crippen molar-refractivity contribution < 1.29 is 19.1 Å². The van der Waals surface area contributed by atoms with Crippen molar-refractivity contribution in [2.45, 2.75) is 20.8 Å². The van der Waals surface area contributed by atoms with Crippen LogP contribution in [0.5, 0.6) is 0 Å². The molecule has 0 aliphatic rings. The number of aliphatic hydroxyl groups is 1. The second kappa shape index (κ2) is 13.8. The minimum Gasteiger partial charge on any atom is -0.400 e. The molecule has 3 rings (SSSR count). The molecule has 0 saturated heterocycles. The van der Waals surface area contributed by atoms with Gasteiger partial charge in [0.15, 0.2) is 11.5 Å². The maximum atomic E-state index is 13.5.